The lowest BCUT2D eigenvalue weighted by molar-refractivity contribution is -0.151. The molecule has 0 aliphatic carbocycles. The normalized spacial score (nSPS) is 14.5. The number of fused-ring (bicyclic) bond motifs is 1. The number of amides is 1. The molecule has 2 aromatic carbocycles. The summed E-state index contributed by atoms with van der Waals surface area (Å²) in [5.41, 5.74) is 1.80. The number of carbonyl (C=O) groups is 2. The molecule has 1 aliphatic heterocycles. The predicted octanol–water partition coefficient (Wildman–Crippen LogP) is 3.40. The van der Waals surface area contributed by atoms with E-state index in [0.29, 0.717) is 42.4 Å². The van der Waals surface area contributed by atoms with Gasteiger partial charge in [-0.2, -0.15) is 0 Å². The van der Waals surface area contributed by atoms with Crippen molar-refractivity contribution in [3.63, 3.8) is 0 Å². The number of phenolic OH excluding ortho intramolecular Hbond substituents is 1. The van der Waals surface area contributed by atoms with E-state index in [9.17, 15) is 19.5 Å². The molecule has 1 fully saturated rings. The number of aromatic hydroxyl groups is 1. The number of carbonyl (C=O) groups excluding carboxylic acids is 2. The second-order valence-electron chi connectivity index (χ2n) is 7.76. The number of piperidine rings is 1. The Balaban J connectivity index is 1.37. The van der Waals surface area contributed by atoms with Gasteiger partial charge in [0.15, 0.2) is 0 Å². The number of hydrogen-bond acceptors (Lipinski definition) is 6. The number of nitrogens with zero attached hydrogens (tertiary/aromatic N) is 1. The van der Waals surface area contributed by atoms with E-state index in [-0.39, 0.29) is 35.7 Å². The van der Waals surface area contributed by atoms with Crippen LogP contribution in [0, 0.1) is 12.8 Å². The molecule has 0 radical (unpaired) electrons. The summed E-state index contributed by atoms with van der Waals surface area (Å²) in [6.45, 7) is 2.83. The Morgan fingerprint density at radius 3 is 2.61 bits per heavy atom. The van der Waals surface area contributed by atoms with E-state index in [1.54, 1.807) is 11.0 Å². The number of phenols is 1. The van der Waals surface area contributed by atoms with Crippen LogP contribution in [-0.2, 0) is 16.1 Å². The quantitative estimate of drug-likeness (QED) is 0.512. The maximum atomic E-state index is 12.7. The van der Waals surface area contributed by atoms with Crippen molar-refractivity contribution >= 4 is 22.8 Å². The first-order valence-electron chi connectivity index (χ1n) is 10.2. The Labute approximate surface area is 178 Å². The summed E-state index contributed by atoms with van der Waals surface area (Å²) in [4.78, 5) is 38.9. The van der Waals surface area contributed by atoms with Gasteiger partial charge in [-0.3, -0.25) is 9.59 Å². The summed E-state index contributed by atoms with van der Waals surface area (Å²) < 4.78 is 10.6. The number of likely N-dealkylation sites (tertiary alicyclic amines) is 1. The van der Waals surface area contributed by atoms with E-state index in [0.717, 1.165) is 5.56 Å². The fourth-order valence-electron chi connectivity index (χ4n) is 3.91. The van der Waals surface area contributed by atoms with E-state index in [2.05, 4.69) is 0 Å². The molecule has 160 valence electrons. The van der Waals surface area contributed by atoms with Crippen molar-refractivity contribution in [2.45, 2.75) is 26.4 Å². The summed E-state index contributed by atoms with van der Waals surface area (Å²) in [6, 6.07) is 13.2. The fraction of sp³-hybridized carbons (Fsp3) is 0.292. The molecule has 1 aliphatic rings. The summed E-state index contributed by atoms with van der Waals surface area (Å²) in [5, 5.41) is 10.2. The fourth-order valence-corrected chi connectivity index (χ4v) is 3.91. The van der Waals surface area contributed by atoms with Crippen LogP contribution in [0.2, 0.25) is 0 Å². The van der Waals surface area contributed by atoms with E-state index < -0.39 is 5.63 Å². The van der Waals surface area contributed by atoms with Gasteiger partial charge in [-0.1, -0.05) is 18.2 Å². The van der Waals surface area contributed by atoms with Crippen LogP contribution in [0.4, 0.5) is 0 Å². The molecule has 3 aromatic rings. The van der Waals surface area contributed by atoms with Crippen LogP contribution < -0.4 is 5.63 Å². The molecule has 4 rings (SSSR count). The molecular weight excluding hydrogens is 398 g/mol. The Hall–Kier alpha value is -3.61. The monoisotopic (exact) mass is 421 g/mol. The highest BCUT2D eigenvalue weighted by Crippen LogP contribution is 2.24. The molecule has 7 nitrogen and oxygen atoms in total. The van der Waals surface area contributed by atoms with Crippen LogP contribution in [0.15, 0.2) is 57.7 Å². The van der Waals surface area contributed by atoms with Gasteiger partial charge in [0.05, 0.1) is 5.92 Å². The SMILES string of the molecule is Cc1ccccc1C(=O)N1CCC(C(=O)OCc2cc(=O)oc3cc(O)ccc23)CC1. The van der Waals surface area contributed by atoms with Gasteiger partial charge >= 0.3 is 11.6 Å². The molecular formula is C24H23NO6. The topological polar surface area (TPSA) is 97.0 Å². The average Bonchev–Trinajstić information content (AvgIpc) is 2.76. The number of ether oxygens (including phenoxy) is 1. The van der Waals surface area contributed by atoms with Crippen LogP contribution in [0.5, 0.6) is 5.75 Å². The minimum atomic E-state index is -0.577. The van der Waals surface area contributed by atoms with E-state index in [1.165, 1.54) is 18.2 Å². The number of esters is 1. The van der Waals surface area contributed by atoms with Gasteiger partial charge in [0.2, 0.25) is 0 Å². The van der Waals surface area contributed by atoms with E-state index >= 15 is 0 Å². The van der Waals surface area contributed by atoms with Crippen molar-refractivity contribution in [2.75, 3.05) is 13.1 Å². The maximum absolute atomic E-state index is 12.7. The molecule has 0 saturated carbocycles. The number of rotatable bonds is 4. The Kier molecular flexibility index (Phi) is 5.75. The van der Waals surface area contributed by atoms with Crippen LogP contribution >= 0.6 is 0 Å². The van der Waals surface area contributed by atoms with Crippen LogP contribution in [0.1, 0.15) is 34.3 Å². The second kappa shape index (κ2) is 8.63. The molecule has 2 heterocycles. The number of hydrogen-bond donors (Lipinski definition) is 1. The standard InChI is InChI=1S/C24H23NO6/c1-15-4-2-3-5-19(15)23(28)25-10-8-16(9-11-25)24(29)30-14-17-12-22(27)31-21-13-18(26)6-7-20(17)21/h2-7,12-13,16,26H,8-11,14H2,1H3. The molecule has 7 heteroatoms. The van der Waals surface area contributed by atoms with Crippen molar-refractivity contribution < 1.29 is 23.8 Å². The summed E-state index contributed by atoms with van der Waals surface area (Å²) in [5.74, 6) is -0.674. The first-order chi connectivity index (χ1) is 14.9. The summed E-state index contributed by atoms with van der Waals surface area (Å²) >= 11 is 0. The summed E-state index contributed by atoms with van der Waals surface area (Å²) in [7, 11) is 0. The van der Waals surface area contributed by atoms with Crippen molar-refractivity contribution in [1.29, 1.82) is 0 Å². The first-order valence-corrected chi connectivity index (χ1v) is 10.2. The molecule has 31 heavy (non-hydrogen) atoms. The Morgan fingerprint density at radius 2 is 1.87 bits per heavy atom. The zero-order chi connectivity index (χ0) is 22.0. The van der Waals surface area contributed by atoms with Gasteiger partial charge in [0, 0.05) is 41.7 Å². The van der Waals surface area contributed by atoms with Gasteiger partial charge in [-0.05, 0) is 43.5 Å². The van der Waals surface area contributed by atoms with Gasteiger partial charge in [0.1, 0.15) is 17.9 Å². The minimum Gasteiger partial charge on any atom is -0.508 e. The lowest BCUT2D eigenvalue weighted by atomic mass is 9.96. The number of benzene rings is 2. The minimum absolute atomic E-state index is 0.0169. The largest absolute Gasteiger partial charge is 0.508 e. The maximum Gasteiger partial charge on any atom is 0.336 e. The molecule has 0 spiro atoms. The van der Waals surface area contributed by atoms with Crippen LogP contribution in [0.25, 0.3) is 11.0 Å². The van der Waals surface area contributed by atoms with Crippen LogP contribution in [0.3, 0.4) is 0 Å². The first kappa shape index (κ1) is 20.7. The Morgan fingerprint density at radius 1 is 1.13 bits per heavy atom. The predicted molar refractivity (Wildman–Crippen MR) is 114 cm³/mol. The third-order valence-corrected chi connectivity index (χ3v) is 5.67. The lowest BCUT2D eigenvalue weighted by Gasteiger charge is -2.31. The smallest absolute Gasteiger partial charge is 0.336 e. The van der Waals surface area contributed by atoms with Crippen molar-refractivity contribution in [1.82, 2.24) is 4.90 Å². The van der Waals surface area contributed by atoms with Crippen LogP contribution in [-0.4, -0.2) is 35.0 Å². The van der Waals surface area contributed by atoms with Crippen molar-refractivity contribution in [2.24, 2.45) is 5.92 Å². The second-order valence-corrected chi connectivity index (χ2v) is 7.76. The van der Waals surface area contributed by atoms with E-state index in [1.807, 2.05) is 31.2 Å². The zero-order valence-corrected chi connectivity index (χ0v) is 17.2. The molecule has 1 aromatic heterocycles. The molecule has 1 N–H and O–H groups in total. The third-order valence-electron chi connectivity index (χ3n) is 5.67. The lowest BCUT2D eigenvalue weighted by Crippen LogP contribution is -2.40. The third kappa shape index (κ3) is 4.45. The van der Waals surface area contributed by atoms with Gasteiger partial charge < -0.3 is 19.2 Å². The molecule has 1 saturated heterocycles. The summed E-state index contributed by atoms with van der Waals surface area (Å²) in [6.07, 6.45) is 1.06. The highest BCUT2D eigenvalue weighted by atomic mass is 16.5. The molecule has 0 bridgehead atoms. The molecule has 1 amide bonds. The highest BCUT2D eigenvalue weighted by molar-refractivity contribution is 5.95. The number of aryl methyl sites for hydroxylation is 1. The van der Waals surface area contributed by atoms with Crippen molar-refractivity contribution in [3.8, 4) is 5.75 Å². The molecule has 0 unspecified atom stereocenters. The highest BCUT2D eigenvalue weighted by Gasteiger charge is 2.29. The molecule has 0 atom stereocenters. The van der Waals surface area contributed by atoms with Gasteiger partial charge in [-0.25, -0.2) is 4.79 Å². The van der Waals surface area contributed by atoms with E-state index in [4.69, 9.17) is 9.15 Å². The zero-order valence-electron chi connectivity index (χ0n) is 17.2. The average molecular weight is 421 g/mol. The van der Waals surface area contributed by atoms with Gasteiger partial charge in [0.25, 0.3) is 5.91 Å². The van der Waals surface area contributed by atoms with Gasteiger partial charge in [-0.15, -0.1) is 0 Å². The Bertz CT molecular complexity index is 1190. The van der Waals surface area contributed by atoms with Crippen molar-refractivity contribution in [3.05, 3.63) is 75.6 Å².